The highest BCUT2D eigenvalue weighted by Gasteiger charge is 2.36. The zero-order valence-electron chi connectivity index (χ0n) is 10.9. The molecule has 2 rings (SSSR count). The Kier molecular flexibility index (Phi) is 4.81. The van der Waals surface area contributed by atoms with E-state index in [9.17, 15) is 18.0 Å². The Morgan fingerprint density at radius 2 is 1.95 bits per heavy atom. The average Bonchev–Trinajstić information content (AvgIpc) is 2.45. The number of aromatic nitrogens is 2. The van der Waals surface area contributed by atoms with E-state index in [4.69, 9.17) is 16.3 Å². The van der Waals surface area contributed by atoms with Crippen LogP contribution in [-0.2, 0) is 17.5 Å². The largest absolute Gasteiger partial charge is 0.444 e. The third kappa shape index (κ3) is 4.32. The Morgan fingerprint density at radius 3 is 2.55 bits per heavy atom. The number of nitrogens with one attached hydrogen (secondary N) is 1. The van der Waals surface area contributed by atoms with Crippen molar-refractivity contribution in [2.75, 3.05) is 5.32 Å². The third-order valence-electron chi connectivity index (χ3n) is 2.44. The van der Waals surface area contributed by atoms with E-state index in [2.05, 4.69) is 15.3 Å². The van der Waals surface area contributed by atoms with Crippen LogP contribution in [0.4, 0.5) is 23.8 Å². The van der Waals surface area contributed by atoms with Gasteiger partial charge in [-0.05, 0) is 5.56 Å². The number of carbonyl (C=O) groups is 1. The molecule has 1 aromatic carbocycles. The Morgan fingerprint density at radius 1 is 1.27 bits per heavy atom. The van der Waals surface area contributed by atoms with Crippen LogP contribution < -0.4 is 5.32 Å². The van der Waals surface area contributed by atoms with Crippen LogP contribution in [-0.4, -0.2) is 16.1 Å². The molecule has 5 nitrogen and oxygen atoms in total. The molecule has 1 amide bonds. The number of halogens is 4. The summed E-state index contributed by atoms with van der Waals surface area (Å²) >= 11 is 5.38. The second-order valence-corrected chi connectivity index (χ2v) is 4.44. The first-order valence-corrected chi connectivity index (χ1v) is 6.31. The van der Waals surface area contributed by atoms with Gasteiger partial charge in [-0.15, -0.1) is 0 Å². The fourth-order valence-electron chi connectivity index (χ4n) is 1.48. The molecule has 1 aromatic heterocycles. The minimum Gasteiger partial charge on any atom is -0.444 e. The fourth-order valence-corrected chi connectivity index (χ4v) is 1.73. The number of alkyl halides is 3. The number of hydrogen-bond acceptors (Lipinski definition) is 4. The van der Waals surface area contributed by atoms with Gasteiger partial charge in [-0.25, -0.2) is 14.8 Å². The molecular formula is C13H9ClF3N3O2. The SMILES string of the molecule is O=C(Nc1cnc(C(F)(F)F)c(Cl)n1)OCc1ccccc1. The Labute approximate surface area is 128 Å². The molecule has 0 unspecified atom stereocenters. The molecule has 0 saturated heterocycles. The van der Waals surface area contributed by atoms with Crippen molar-refractivity contribution in [3.63, 3.8) is 0 Å². The van der Waals surface area contributed by atoms with Crippen molar-refractivity contribution < 1.29 is 22.7 Å². The Hall–Kier alpha value is -2.35. The standard InChI is InChI=1S/C13H9ClF3N3O2/c14-11-10(13(15,16)17)18-6-9(19-11)20-12(21)22-7-8-4-2-1-3-5-8/h1-6H,7H2,(H,19,20,21). The van der Waals surface area contributed by atoms with E-state index < -0.39 is 23.1 Å². The predicted molar refractivity (Wildman–Crippen MR) is 72.3 cm³/mol. The van der Waals surface area contributed by atoms with Gasteiger partial charge in [-0.3, -0.25) is 5.32 Å². The summed E-state index contributed by atoms with van der Waals surface area (Å²) in [5, 5.41) is 1.29. The monoisotopic (exact) mass is 331 g/mol. The maximum absolute atomic E-state index is 12.5. The van der Waals surface area contributed by atoms with Crippen LogP contribution in [0.2, 0.25) is 5.15 Å². The molecule has 0 radical (unpaired) electrons. The first-order chi connectivity index (χ1) is 10.4. The highest BCUT2D eigenvalue weighted by Crippen LogP contribution is 2.32. The van der Waals surface area contributed by atoms with Gasteiger partial charge in [0.05, 0.1) is 6.20 Å². The molecule has 0 aliphatic rings. The van der Waals surface area contributed by atoms with Crippen molar-refractivity contribution in [1.29, 1.82) is 0 Å². The van der Waals surface area contributed by atoms with E-state index >= 15 is 0 Å². The first kappa shape index (κ1) is 16.0. The molecule has 0 aliphatic heterocycles. The van der Waals surface area contributed by atoms with Crippen molar-refractivity contribution >= 4 is 23.5 Å². The predicted octanol–water partition coefficient (Wildman–Crippen LogP) is 3.90. The number of benzene rings is 1. The number of amides is 1. The summed E-state index contributed by atoms with van der Waals surface area (Å²) in [4.78, 5) is 18.0. The lowest BCUT2D eigenvalue weighted by atomic mass is 10.2. The van der Waals surface area contributed by atoms with Crippen LogP contribution in [0.15, 0.2) is 36.5 Å². The maximum atomic E-state index is 12.5. The highest BCUT2D eigenvalue weighted by atomic mass is 35.5. The number of ether oxygens (including phenoxy) is 1. The molecule has 9 heteroatoms. The summed E-state index contributed by atoms with van der Waals surface area (Å²) in [5.41, 5.74) is -0.563. The Balaban J connectivity index is 1.96. The van der Waals surface area contributed by atoms with Crippen molar-refractivity contribution in [2.45, 2.75) is 12.8 Å². The van der Waals surface area contributed by atoms with Crippen molar-refractivity contribution in [3.8, 4) is 0 Å². The van der Waals surface area contributed by atoms with Crippen LogP contribution in [0.3, 0.4) is 0 Å². The number of nitrogens with zero attached hydrogens (tertiary/aromatic N) is 2. The molecule has 0 saturated carbocycles. The molecule has 0 bridgehead atoms. The van der Waals surface area contributed by atoms with Gasteiger partial charge >= 0.3 is 12.3 Å². The molecule has 0 spiro atoms. The second-order valence-electron chi connectivity index (χ2n) is 4.08. The smallest absolute Gasteiger partial charge is 0.436 e. The van der Waals surface area contributed by atoms with Crippen molar-refractivity contribution in [2.24, 2.45) is 0 Å². The van der Waals surface area contributed by atoms with Gasteiger partial charge in [0, 0.05) is 0 Å². The van der Waals surface area contributed by atoms with E-state index in [1.807, 2.05) is 6.07 Å². The maximum Gasteiger partial charge on any atom is 0.436 e. The molecule has 0 fully saturated rings. The molecular weight excluding hydrogens is 323 g/mol. The van der Waals surface area contributed by atoms with Crippen LogP contribution in [0.5, 0.6) is 0 Å². The van der Waals surface area contributed by atoms with Gasteiger partial charge in [0.2, 0.25) is 0 Å². The number of carbonyl (C=O) groups excluding carboxylic acids is 1. The minimum atomic E-state index is -4.71. The van der Waals surface area contributed by atoms with Gasteiger partial charge in [0.15, 0.2) is 16.7 Å². The summed E-state index contributed by atoms with van der Waals surface area (Å²) in [6, 6.07) is 8.86. The Bertz CT molecular complexity index is 665. The first-order valence-electron chi connectivity index (χ1n) is 5.93. The topological polar surface area (TPSA) is 64.1 Å². The molecule has 2 aromatic rings. The van der Waals surface area contributed by atoms with E-state index in [-0.39, 0.29) is 12.4 Å². The third-order valence-corrected chi connectivity index (χ3v) is 2.70. The number of rotatable bonds is 3. The van der Waals surface area contributed by atoms with Gasteiger partial charge in [0.1, 0.15) is 6.61 Å². The summed E-state index contributed by atoms with van der Waals surface area (Å²) in [7, 11) is 0. The summed E-state index contributed by atoms with van der Waals surface area (Å²) < 4.78 is 42.2. The quantitative estimate of drug-likeness (QED) is 0.926. The minimum absolute atomic E-state index is 0.00840. The summed E-state index contributed by atoms with van der Waals surface area (Å²) in [6.07, 6.45) is -4.84. The fraction of sp³-hybridized carbons (Fsp3) is 0.154. The van der Waals surface area contributed by atoms with Crippen LogP contribution >= 0.6 is 11.6 Å². The zero-order chi connectivity index (χ0) is 16.2. The number of hydrogen-bond donors (Lipinski definition) is 1. The van der Waals surface area contributed by atoms with Crippen LogP contribution in [0.25, 0.3) is 0 Å². The van der Waals surface area contributed by atoms with Crippen molar-refractivity contribution in [1.82, 2.24) is 9.97 Å². The van der Waals surface area contributed by atoms with E-state index in [0.717, 1.165) is 11.8 Å². The second kappa shape index (κ2) is 6.61. The van der Waals surface area contributed by atoms with Gasteiger partial charge < -0.3 is 4.74 Å². The highest BCUT2D eigenvalue weighted by molar-refractivity contribution is 6.30. The average molecular weight is 332 g/mol. The normalized spacial score (nSPS) is 11.1. The molecule has 1 N–H and O–H groups in total. The molecule has 22 heavy (non-hydrogen) atoms. The molecule has 1 heterocycles. The van der Waals surface area contributed by atoms with E-state index in [1.165, 1.54) is 0 Å². The summed E-state index contributed by atoms with van der Waals surface area (Å²) in [5.74, 6) is -0.240. The zero-order valence-corrected chi connectivity index (χ0v) is 11.6. The van der Waals surface area contributed by atoms with Crippen LogP contribution in [0, 0.1) is 0 Å². The van der Waals surface area contributed by atoms with Crippen molar-refractivity contribution in [3.05, 3.63) is 52.9 Å². The summed E-state index contributed by atoms with van der Waals surface area (Å²) in [6.45, 7) is 0.00840. The molecule has 116 valence electrons. The molecule has 0 atom stereocenters. The lowest BCUT2D eigenvalue weighted by molar-refractivity contribution is -0.141. The van der Waals surface area contributed by atoms with Crippen LogP contribution in [0.1, 0.15) is 11.3 Å². The van der Waals surface area contributed by atoms with Gasteiger partial charge in [-0.1, -0.05) is 41.9 Å². The lowest BCUT2D eigenvalue weighted by Gasteiger charge is -2.09. The number of anilines is 1. The van der Waals surface area contributed by atoms with E-state index in [1.54, 1.807) is 24.3 Å². The van der Waals surface area contributed by atoms with E-state index in [0.29, 0.717) is 0 Å². The lowest BCUT2D eigenvalue weighted by Crippen LogP contribution is -2.16. The van der Waals surface area contributed by atoms with Gasteiger partial charge in [0.25, 0.3) is 0 Å². The molecule has 0 aliphatic carbocycles. The van der Waals surface area contributed by atoms with Gasteiger partial charge in [-0.2, -0.15) is 13.2 Å².